The Kier molecular flexibility index (Phi) is 10.6. The van der Waals surface area contributed by atoms with Gasteiger partial charge in [-0.05, 0) is 13.8 Å². The topological polar surface area (TPSA) is 56.8 Å². The number of hydrogen-bond donors (Lipinski definition) is 1. The summed E-state index contributed by atoms with van der Waals surface area (Å²) in [6.45, 7) is 6.08. The zero-order chi connectivity index (χ0) is 11.5. The molecule has 0 aliphatic rings. The highest BCUT2D eigenvalue weighted by atomic mass is 127. The third-order valence-electron chi connectivity index (χ3n) is 1.39. The summed E-state index contributed by atoms with van der Waals surface area (Å²) >= 11 is 1.77. The smallest absolute Gasteiger partial charge is 0.254 e. The van der Waals surface area contributed by atoms with E-state index in [-0.39, 0.29) is 18.6 Å². The highest BCUT2D eigenvalue weighted by Gasteiger charge is 1.97. The van der Waals surface area contributed by atoms with Crippen LogP contribution in [0.5, 0.6) is 0 Å². The Morgan fingerprint density at radius 3 is 2.40 bits per heavy atom. The van der Waals surface area contributed by atoms with Crippen molar-refractivity contribution in [3.63, 3.8) is 0 Å². The molecule has 0 fully saturated rings. The van der Waals surface area contributed by atoms with Gasteiger partial charge in [0, 0.05) is 0 Å². The molecule has 0 unspecified atom stereocenters. The van der Waals surface area contributed by atoms with E-state index in [2.05, 4.69) is 3.53 Å². The molecule has 90 valence electrons. The average Bonchev–Trinajstić information content (AvgIpc) is 2.21. The van der Waals surface area contributed by atoms with Gasteiger partial charge in [0.15, 0.2) is 0 Å². The zero-order valence-electron chi connectivity index (χ0n) is 9.12. The lowest BCUT2D eigenvalue weighted by Crippen LogP contribution is -2.20. The summed E-state index contributed by atoms with van der Waals surface area (Å²) < 4.78 is 18.0. The average molecular weight is 331 g/mol. The Balaban J connectivity index is 3.02. The third kappa shape index (κ3) is 12.0. The number of amides is 1. The first-order chi connectivity index (χ1) is 7.16. The summed E-state index contributed by atoms with van der Waals surface area (Å²) in [6.07, 6.45) is 0.234. The first-order valence-corrected chi connectivity index (χ1v) is 5.91. The van der Waals surface area contributed by atoms with Crippen molar-refractivity contribution in [2.75, 3.05) is 33.0 Å². The number of nitrogens with one attached hydrogen (secondary N) is 1. The van der Waals surface area contributed by atoms with E-state index in [9.17, 15) is 4.79 Å². The molecule has 0 rings (SSSR count). The van der Waals surface area contributed by atoms with Gasteiger partial charge in [-0.2, -0.15) is 0 Å². The first kappa shape index (κ1) is 15.1. The second-order valence-electron chi connectivity index (χ2n) is 3.10. The van der Waals surface area contributed by atoms with Gasteiger partial charge in [0.25, 0.3) is 5.91 Å². The van der Waals surface area contributed by atoms with E-state index in [0.29, 0.717) is 26.4 Å². The summed E-state index contributed by atoms with van der Waals surface area (Å²) in [5.74, 6) is -0.140. The van der Waals surface area contributed by atoms with E-state index in [1.54, 1.807) is 22.9 Å². The molecule has 0 aromatic heterocycles. The van der Waals surface area contributed by atoms with Crippen molar-refractivity contribution in [2.45, 2.75) is 20.0 Å². The molecule has 0 radical (unpaired) electrons. The van der Waals surface area contributed by atoms with Gasteiger partial charge < -0.3 is 14.2 Å². The monoisotopic (exact) mass is 331 g/mol. The summed E-state index contributed by atoms with van der Waals surface area (Å²) in [6, 6.07) is 0. The van der Waals surface area contributed by atoms with Gasteiger partial charge in [-0.15, -0.1) is 0 Å². The summed E-state index contributed by atoms with van der Waals surface area (Å²) in [4.78, 5) is 10.7. The fourth-order valence-electron chi connectivity index (χ4n) is 0.755. The minimum atomic E-state index is -0.140. The van der Waals surface area contributed by atoms with E-state index in [4.69, 9.17) is 14.2 Å². The van der Waals surface area contributed by atoms with Crippen LogP contribution >= 0.6 is 22.9 Å². The van der Waals surface area contributed by atoms with Gasteiger partial charge in [-0.1, -0.05) is 0 Å². The van der Waals surface area contributed by atoms with Crippen molar-refractivity contribution in [3.05, 3.63) is 0 Å². The maximum absolute atomic E-state index is 10.7. The van der Waals surface area contributed by atoms with Crippen molar-refractivity contribution in [1.82, 2.24) is 3.53 Å². The Morgan fingerprint density at radius 1 is 1.20 bits per heavy atom. The van der Waals surface area contributed by atoms with Crippen LogP contribution in [0, 0.1) is 0 Å². The molecule has 0 spiro atoms. The highest BCUT2D eigenvalue weighted by molar-refractivity contribution is 14.1. The quantitative estimate of drug-likeness (QED) is 0.388. The molecule has 0 aromatic carbocycles. The molecule has 1 amide bonds. The number of carbonyl (C=O) groups is 1. The van der Waals surface area contributed by atoms with Crippen LogP contribution in [0.15, 0.2) is 0 Å². The fraction of sp³-hybridized carbons (Fsp3) is 0.889. The van der Waals surface area contributed by atoms with Gasteiger partial charge >= 0.3 is 0 Å². The number of rotatable bonds is 9. The summed E-state index contributed by atoms with van der Waals surface area (Å²) in [5, 5.41) is 0. The molecule has 0 atom stereocenters. The molecular formula is C9H18INO4. The lowest BCUT2D eigenvalue weighted by molar-refractivity contribution is -0.123. The van der Waals surface area contributed by atoms with Crippen molar-refractivity contribution in [2.24, 2.45) is 0 Å². The zero-order valence-corrected chi connectivity index (χ0v) is 11.3. The maximum Gasteiger partial charge on any atom is 0.254 e. The van der Waals surface area contributed by atoms with Crippen LogP contribution in [0.4, 0.5) is 0 Å². The predicted octanol–water partition coefficient (Wildman–Crippen LogP) is 0.911. The molecule has 0 saturated heterocycles. The van der Waals surface area contributed by atoms with E-state index < -0.39 is 0 Å². The largest absolute Gasteiger partial charge is 0.377 e. The number of halogens is 1. The maximum atomic E-state index is 10.7. The fourth-order valence-corrected chi connectivity index (χ4v) is 0.911. The summed E-state index contributed by atoms with van der Waals surface area (Å²) in [7, 11) is 0. The van der Waals surface area contributed by atoms with Gasteiger partial charge in [0.1, 0.15) is 6.61 Å². The number of carbonyl (C=O) groups excluding carboxylic acids is 1. The Hall–Kier alpha value is 0.0800. The second-order valence-corrected chi connectivity index (χ2v) is 3.64. The van der Waals surface area contributed by atoms with E-state index in [1.165, 1.54) is 0 Å². The van der Waals surface area contributed by atoms with Crippen molar-refractivity contribution < 1.29 is 19.0 Å². The minimum absolute atomic E-state index is 0.0782. The van der Waals surface area contributed by atoms with Crippen LogP contribution in [0.2, 0.25) is 0 Å². The molecule has 1 N–H and O–H groups in total. The lowest BCUT2D eigenvalue weighted by atomic mass is 10.5. The van der Waals surface area contributed by atoms with Crippen molar-refractivity contribution in [3.8, 4) is 0 Å². The SMILES string of the molecule is CC(C)OCCOCCOCC(=O)NI. The molecule has 0 aliphatic heterocycles. The van der Waals surface area contributed by atoms with Gasteiger partial charge in [-0.25, -0.2) is 0 Å². The van der Waals surface area contributed by atoms with E-state index in [0.717, 1.165) is 0 Å². The Morgan fingerprint density at radius 2 is 1.80 bits per heavy atom. The highest BCUT2D eigenvalue weighted by Crippen LogP contribution is 1.87. The van der Waals surface area contributed by atoms with Crippen molar-refractivity contribution in [1.29, 1.82) is 0 Å². The van der Waals surface area contributed by atoms with Crippen LogP contribution < -0.4 is 3.53 Å². The number of ether oxygens (including phenoxy) is 3. The molecule has 0 aliphatic carbocycles. The molecule has 0 aromatic rings. The van der Waals surface area contributed by atoms with Crippen LogP contribution in [0.1, 0.15) is 13.8 Å². The standard InChI is InChI=1S/C9H18INO4/c1-8(2)15-6-5-13-3-4-14-7-9(12)11-10/h8H,3-7H2,1-2H3,(H,11,12). The molecule has 5 nitrogen and oxygen atoms in total. The van der Waals surface area contributed by atoms with Crippen LogP contribution in [-0.2, 0) is 19.0 Å². The molecule has 0 heterocycles. The predicted molar refractivity (Wildman–Crippen MR) is 64.9 cm³/mol. The van der Waals surface area contributed by atoms with Gasteiger partial charge in [0.05, 0.1) is 55.4 Å². The normalized spacial score (nSPS) is 10.7. The molecule has 0 saturated carbocycles. The second kappa shape index (κ2) is 10.6. The van der Waals surface area contributed by atoms with Crippen LogP contribution in [0.3, 0.4) is 0 Å². The van der Waals surface area contributed by atoms with Crippen LogP contribution in [-0.4, -0.2) is 45.0 Å². The minimum Gasteiger partial charge on any atom is -0.377 e. The van der Waals surface area contributed by atoms with Crippen LogP contribution in [0.25, 0.3) is 0 Å². The van der Waals surface area contributed by atoms with E-state index in [1.807, 2.05) is 13.8 Å². The molecular weight excluding hydrogens is 313 g/mol. The van der Waals surface area contributed by atoms with E-state index >= 15 is 0 Å². The first-order valence-electron chi connectivity index (χ1n) is 4.83. The lowest BCUT2D eigenvalue weighted by Gasteiger charge is -2.08. The molecule has 15 heavy (non-hydrogen) atoms. The van der Waals surface area contributed by atoms with Gasteiger partial charge in [-0.3, -0.25) is 8.32 Å². The Labute approximate surface area is 104 Å². The molecule has 0 bridgehead atoms. The van der Waals surface area contributed by atoms with Crippen molar-refractivity contribution >= 4 is 28.8 Å². The molecule has 6 heteroatoms. The third-order valence-corrected chi connectivity index (χ3v) is 1.99. The number of hydrogen-bond acceptors (Lipinski definition) is 4. The summed E-state index contributed by atoms with van der Waals surface area (Å²) in [5.41, 5.74) is 0. The van der Waals surface area contributed by atoms with Gasteiger partial charge in [0.2, 0.25) is 0 Å². The Bertz CT molecular complexity index is 166.